The average Bonchev–Trinajstić information content (AvgIpc) is 2.94. The van der Waals surface area contributed by atoms with Crippen molar-refractivity contribution in [1.82, 2.24) is 16.2 Å². The highest BCUT2D eigenvalue weighted by Gasteiger charge is 2.42. The Balaban J connectivity index is 1.86. The molecule has 0 saturated carbocycles. The number of fused-ring (bicyclic) bond motifs is 7. The van der Waals surface area contributed by atoms with Crippen molar-refractivity contribution >= 4 is 11.7 Å². The molecule has 3 aliphatic heterocycles. The smallest absolute Gasteiger partial charge is 0.335 e. The summed E-state index contributed by atoms with van der Waals surface area (Å²) in [6, 6.07) is 5.92. The van der Waals surface area contributed by atoms with Gasteiger partial charge in [-0.2, -0.15) is 0 Å². The topological polar surface area (TPSA) is 73.4 Å². The first-order valence-electron chi connectivity index (χ1n) is 6.08. The van der Waals surface area contributed by atoms with E-state index in [1.54, 1.807) is 12.1 Å². The molecule has 3 heterocycles. The highest BCUT2D eigenvalue weighted by atomic mass is 16.4. The van der Waals surface area contributed by atoms with Gasteiger partial charge in [-0.05, 0) is 23.8 Å². The summed E-state index contributed by atoms with van der Waals surface area (Å²) >= 11 is 0. The van der Waals surface area contributed by atoms with Crippen molar-refractivity contribution in [3.63, 3.8) is 0 Å². The highest BCUT2D eigenvalue weighted by Crippen LogP contribution is 2.43. The summed E-state index contributed by atoms with van der Waals surface area (Å²) in [5.41, 5.74) is 10.1. The molecule has 18 heavy (non-hydrogen) atoms. The van der Waals surface area contributed by atoms with Crippen LogP contribution in [0, 0.1) is 5.92 Å². The summed E-state index contributed by atoms with van der Waals surface area (Å²) in [4.78, 5) is 11.1. The molecule has 92 valence electrons. The number of nitrogens with one attached hydrogen (secondary N) is 3. The Morgan fingerprint density at radius 2 is 2.28 bits per heavy atom. The second-order valence-corrected chi connectivity index (χ2v) is 5.02. The largest absolute Gasteiger partial charge is 0.478 e. The van der Waals surface area contributed by atoms with Gasteiger partial charge in [0.15, 0.2) is 0 Å². The Labute approximate surface area is 104 Å². The molecule has 3 aliphatic rings. The molecule has 0 spiro atoms. The van der Waals surface area contributed by atoms with Crippen LogP contribution in [0.25, 0.3) is 5.70 Å². The molecule has 0 amide bonds. The van der Waals surface area contributed by atoms with Gasteiger partial charge >= 0.3 is 5.97 Å². The third-order valence-electron chi connectivity index (χ3n) is 4.08. The van der Waals surface area contributed by atoms with Crippen LogP contribution in [-0.2, 0) is 0 Å². The van der Waals surface area contributed by atoms with E-state index in [9.17, 15) is 4.79 Å². The maximum atomic E-state index is 11.1. The lowest BCUT2D eigenvalue weighted by Crippen LogP contribution is -2.37. The van der Waals surface area contributed by atoms with Gasteiger partial charge in [-0.15, -0.1) is 0 Å². The molecular weight excluding hydrogens is 230 g/mol. The van der Waals surface area contributed by atoms with Gasteiger partial charge < -0.3 is 10.4 Å². The molecule has 1 fully saturated rings. The molecule has 3 unspecified atom stereocenters. The lowest BCUT2D eigenvalue weighted by molar-refractivity contribution is 0.0696. The van der Waals surface area contributed by atoms with Gasteiger partial charge in [0, 0.05) is 29.8 Å². The quantitative estimate of drug-likeness (QED) is 0.577. The number of rotatable bonds is 1. The molecule has 4 N–H and O–H groups in total. The fourth-order valence-corrected chi connectivity index (χ4v) is 3.20. The van der Waals surface area contributed by atoms with Crippen molar-refractivity contribution in [3.8, 4) is 0 Å². The number of hydrazine groups is 1. The standard InChI is InChI=1S/C13H13N3O2/c17-13(18)6-1-2-7-8(3-6)12-9-5-14-16-11(9)4-10(7)15-12/h1-4,9,11-12,14-16H,5H2,(H,17,18). The normalized spacial score (nSPS) is 31.3. The zero-order valence-electron chi connectivity index (χ0n) is 9.60. The fourth-order valence-electron chi connectivity index (χ4n) is 3.20. The van der Waals surface area contributed by atoms with E-state index in [1.807, 2.05) is 6.07 Å². The molecule has 1 aromatic carbocycles. The molecule has 5 heteroatoms. The zero-order chi connectivity index (χ0) is 12.3. The first kappa shape index (κ1) is 10.1. The maximum Gasteiger partial charge on any atom is 0.335 e. The van der Waals surface area contributed by atoms with E-state index in [1.165, 1.54) is 0 Å². The number of carboxylic acid groups (broad SMARTS) is 1. The van der Waals surface area contributed by atoms with Crippen molar-refractivity contribution in [2.45, 2.75) is 12.1 Å². The molecule has 1 saturated heterocycles. The van der Waals surface area contributed by atoms with Gasteiger partial charge in [0.1, 0.15) is 0 Å². The summed E-state index contributed by atoms with van der Waals surface area (Å²) < 4.78 is 0. The maximum absolute atomic E-state index is 11.1. The highest BCUT2D eigenvalue weighted by molar-refractivity contribution is 5.89. The predicted octanol–water partition coefficient (Wildman–Crippen LogP) is 0.476. The van der Waals surface area contributed by atoms with Crippen LogP contribution in [0.5, 0.6) is 0 Å². The molecule has 3 atom stereocenters. The number of hydrogen-bond donors (Lipinski definition) is 4. The van der Waals surface area contributed by atoms with E-state index >= 15 is 0 Å². The molecule has 5 nitrogen and oxygen atoms in total. The number of aromatic carboxylic acids is 1. The fraction of sp³-hybridized carbons (Fsp3) is 0.308. The molecule has 2 bridgehead atoms. The third-order valence-corrected chi connectivity index (χ3v) is 4.08. The van der Waals surface area contributed by atoms with Crippen LogP contribution in [-0.4, -0.2) is 23.7 Å². The van der Waals surface area contributed by atoms with Crippen molar-refractivity contribution in [1.29, 1.82) is 0 Å². The molecular formula is C13H13N3O2. The van der Waals surface area contributed by atoms with Gasteiger partial charge in [-0.3, -0.25) is 10.9 Å². The third kappa shape index (κ3) is 1.20. The van der Waals surface area contributed by atoms with Crippen LogP contribution in [0.4, 0.5) is 0 Å². The van der Waals surface area contributed by atoms with E-state index in [0.29, 0.717) is 17.5 Å². The lowest BCUT2D eigenvalue weighted by atomic mass is 9.89. The minimum absolute atomic E-state index is 0.215. The SMILES string of the molecule is O=C(O)c1ccc2c(c1)C1NC2=CC2NNCC21. The van der Waals surface area contributed by atoms with E-state index in [2.05, 4.69) is 22.2 Å². The summed E-state index contributed by atoms with van der Waals surface area (Å²) in [6.45, 7) is 0.892. The van der Waals surface area contributed by atoms with Gasteiger partial charge in [0.25, 0.3) is 0 Å². The number of hydrogen-bond acceptors (Lipinski definition) is 4. The Bertz CT molecular complexity index is 582. The molecule has 0 aromatic heterocycles. The Hall–Kier alpha value is -1.85. The van der Waals surface area contributed by atoms with Gasteiger partial charge in [0.05, 0.1) is 11.6 Å². The van der Waals surface area contributed by atoms with Crippen LogP contribution in [0.1, 0.15) is 27.5 Å². The minimum Gasteiger partial charge on any atom is -0.478 e. The average molecular weight is 243 g/mol. The van der Waals surface area contributed by atoms with E-state index in [0.717, 1.165) is 23.4 Å². The molecule has 0 radical (unpaired) electrons. The van der Waals surface area contributed by atoms with Crippen LogP contribution in [0.3, 0.4) is 0 Å². The monoisotopic (exact) mass is 243 g/mol. The second-order valence-electron chi connectivity index (χ2n) is 5.02. The lowest BCUT2D eigenvalue weighted by Gasteiger charge is -2.27. The van der Waals surface area contributed by atoms with Gasteiger partial charge in [-0.1, -0.05) is 6.07 Å². The summed E-state index contributed by atoms with van der Waals surface area (Å²) in [5, 5.41) is 12.6. The first-order valence-corrected chi connectivity index (χ1v) is 6.08. The van der Waals surface area contributed by atoms with Crippen molar-refractivity contribution < 1.29 is 9.90 Å². The Morgan fingerprint density at radius 3 is 3.11 bits per heavy atom. The zero-order valence-corrected chi connectivity index (χ0v) is 9.60. The Morgan fingerprint density at radius 1 is 1.39 bits per heavy atom. The van der Waals surface area contributed by atoms with Crippen LogP contribution < -0.4 is 16.2 Å². The van der Waals surface area contributed by atoms with Gasteiger partial charge in [-0.25, -0.2) is 4.79 Å². The summed E-state index contributed by atoms with van der Waals surface area (Å²) in [6.07, 6.45) is 2.19. The number of carbonyl (C=O) groups is 1. The van der Waals surface area contributed by atoms with Crippen LogP contribution in [0.2, 0.25) is 0 Å². The van der Waals surface area contributed by atoms with E-state index < -0.39 is 5.97 Å². The second kappa shape index (κ2) is 3.34. The molecule has 1 aromatic rings. The summed E-state index contributed by atoms with van der Waals surface area (Å²) in [5.74, 6) is -0.438. The number of carboxylic acids is 1. The predicted molar refractivity (Wildman–Crippen MR) is 65.7 cm³/mol. The van der Waals surface area contributed by atoms with E-state index in [-0.39, 0.29) is 6.04 Å². The molecule has 0 aliphatic carbocycles. The first-order chi connectivity index (χ1) is 8.74. The minimum atomic E-state index is -0.868. The van der Waals surface area contributed by atoms with Crippen molar-refractivity contribution in [2.75, 3.05) is 6.54 Å². The van der Waals surface area contributed by atoms with Crippen molar-refractivity contribution in [2.24, 2.45) is 5.92 Å². The van der Waals surface area contributed by atoms with Crippen molar-refractivity contribution in [3.05, 3.63) is 41.0 Å². The Kier molecular flexibility index (Phi) is 1.87. The number of benzene rings is 1. The molecule has 4 rings (SSSR count). The van der Waals surface area contributed by atoms with E-state index in [4.69, 9.17) is 5.11 Å². The summed E-state index contributed by atoms with van der Waals surface area (Å²) in [7, 11) is 0. The van der Waals surface area contributed by atoms with Crippen LogP contribution in [0.15, 0.2) is 24.3 Å². The van der Waals surface area contributed by atoms with Gasteiger partial charge in [0.2, 0.25) is 0 Å². The van der Waals surface area contributed by atoms with Crippen LogP contribution >= 0.6 is 0 Å².